The molecular weight excluding hydrogens is 588 g/mol. The molecule has 1 aliphatic rings. The average molecular weight is 623 g/mol. The lowest BCUT2D eigenvalue weighted by Crippen LogP contribution is -2.31. The molecule has 2 aromatic heterocycles. The lowest BCUT2D eigenvalue weighted by molar-refractivity contribution is -0.384. The number of ether oxygens (including phenoxy) is 1. The molecule has 2 aromatic carbocycles. The summed E-state index contributed by atoms with van der Waals surface area (Å²) < 4.78 is 31.8. The second-order valence-electron chi connectivity index (χ2n) is 10.7. The molecule has 1 fully saturated rings. The van der Waals surface area contributed by atoms with Crippen LogP contribution in [0.1, 0.15) is 12.0 Å². The molecule has 1 aliphatic heterocycles. The number of hydrogen-bond donors (Lipinski definition) is 2. The summed E-state index contributed by atoms with van der Waals surface area (Å²) in [4.78, 5) is 33.0. The molecule has 0 bridgehead atoms. The summed E-state index contributed by atoms with van der Waals surface area (Å²) in [7, 11) is 3.36. The van der Waals surface area contributed by atoms with E-state index in [1.165, 1.54) is 19.4 Å². The number of anilines is 6. The minimum absolute atomic E-state index is 0.0657. The van der Waals surface area contributed by atoms with Crippen LogP contribution >= 0.6 is 0 Å². The van der Waals surface area contributed by atoms with E-state index in [0.29, 0.717) is 23.0 Å². The maximum atomic E-state index is 12.5. The van der Waals surface area contributed by atoms with Gasteiger partial charge in [0, 0.05) is 50.3 Å². The van der Waals surface area contributed by atoms with E-state index in [2.05, 4.69) is 54.5 Å². The normalized spacial score (nSPS) is 15.1. The van der Waals surface area contributed by atoms with Crippen molar-refractivity contribution in [1.82, 2.24) is 24.8 Å². The van der Waals surface area contributed by atoms with Gasteiger partial charge in [-0.1, -0.05) is 0 Å². The standard InChI is InChI=1S/C28H34N10O5S/c1-17-13-21(24(43-5)14-22(17)37-12-9-18(16-37)35(2)3)33-28-31-15-23(38(39)40)27(34-28)32-20-8-7-19-25(30-11-10-29-19)26(20)36(4)44(6,41)42/h7-8,10-11,13-15,18H,9,12,16H2,1-6H3,(H2,31,32,33,34). The fourth-order valence-corrected chi connectivity index (χ4v) is 5.70. The van der Waals surface area contributed by atoms with Crippen LogP contribution in [0.4, 0.5) is 40.2 Å². The van der Waals surface area contributed by atoms with Crippen molar-refractivity contribution in [2.45, 2.75) is 19.4 Å². The van der Waals surface area contributed by atoms with Crippen molar-refractivity contribution in [3.63, 3.8) is 0 Å². The summed E-state index contributed by atoms with van der Waals surface area (Å²) in [5.41, 5.74) is 3.35. The van der Waals surface area contributed by atoms with E-state index in [1.54, 1.807) is 19.2 Å². The molecule has 15 nitrogen and oxygen atoms in total. The fourth-order valence-electron chi connectivity index (χ4n) is 5.18. The number of nitrogens with zero attached hydrogens (tertiary/aromatic N) is 8. The van der Waals surface area contributed by atoms with Gasteiger partial charge in [-0.25, -0.2) is 13.4 Å². The maximum Gasteiger partial charge on any atom is 0.329 e. The number of fused-ring (bicyclic) bond motifs is 1. The monoisotopic (exact) mass is 622 g/mol. The van der Waals surface area contributed by atoms with Crippen molar-refractivity contribution in [3.05, 3.63) is 58.5 Å². The number of sulfonamides is 1. The number of likely N-dealkylation sites (N-methyl/N-ethyl adjacent to an activating group) is 1. The Bertz CT molecular complexity index is 1840. The first-order valence-electron chi connectivity index (χ1n) is 13.7. The van der Waals surface area contributed by atoms with E-state index in [0.717, 1.165) is 47.5 Å². The molecule has 4 aromatic rings. The van der Waals surface area contributed by atoms with Gasteiger partial charge in [-0.2, -0.15) is 4.98 Å². The summed E-state index contributed by atoms with van der Waals surface area (Å²) in [5, 5.41) is 18.0. The molecule has 0 radical (unpaired) electrons. The van der Waals surface area contributed by atoms with Crippen LogP contribution < -0.4 is 24.6 Å². The number of benzene rings is 2. The smallest absolute Gasteiger partial charge is 0.329 e. The lowest BCUT2D eigenvalue weighted by atomic mass is 10.1. The molecule has 0 spiro atoms. The van der Waals surface area contributed by atoms with Crippen LogP contribution in [0, 0.1) is 17.0 Å². The zero-order valence-corrected chi connectivity index (χ0v) is 26.1. The van der Waals surface area contributed by atoms with Gasteiger partial charge in [0.15, 0.2) is 0 Å². The summed E-state index contributed by atoms with van der Waals surface area (Å²) in [6.07, 6.45) is 6.11. The molecule has 0 saturated carbocycles. The van der Waals surface area contributed by atoms with Crippen LogP contribution in [0.25, 0.3) is 11.0 Å². The van der Waals surface area contributed by atoms with Crippen LogP contribution in [0.2, 0.25) is 0 Å². The average Bonchev–Trinajstić information content (AvgIpc) is 3.47. The summed E-state index contributed by atoms with van der Waals surface area (Å²) in [6.45, 7) is 3.84. The van der Waals surface area contributed by atoms with Gasteiger partial charge in [-0.15, -0.1) is 0 Å². The Kier molecular flexibility index (Phi) is 8.38. The minimum atomic E-state index is -3.74. The van der Waals surface area contributed by atoms with E-state index >= 15 is 0 Å². The van der Waals surface area contributed by atoms with E-state index in [4.69, 9.17) is 4.74 Å². The maximum absolute atomic E-state index is 12.5. The van der Waals surface area contributed by atoms with Gasteiger partial charge in [0.05, 0.1) is 35.2 Å². The van der Waals surface area contributed by atoms with Gasteiger partial charge in [0.2, 0.25) is 21.8 Å². The van der Waals surface area contributed by atoms with Crippen LogP contribution in [-0.4, -0.2) is 91.8 Å². The number of aryl methyl sites for hydroxylation is 1. The topological polar surface area (TPSA) is 172 Å². The zero-order chi connectivity index (χ0) is 31.8. The Balaban J connectivity index is 1.51. The Hall–Kier alpha value is -4.83. The van der Waals surface area contributed by atoms with Gasteiger partial charge in [0.25, 0.3) is 0 Å². The van der Waals surface area contributed by atoms with E-state index in [-0.39, 0.29) is 28.7 Å². The Morgan fingerprint density at radius 2 is 1.84 bits per heavy atom. The highest BCUT2D eigenvalue weighted by Crippen LogP contribution is 2.39. The van der Waals surface area contributed by atoms with Crippen molar-refractivity contribution in [2.24, 2.45) is 0 Å². The predicted molar refractivity (Wildman–Crippen MR) is 170 cm³/mol. The number of nitrogens with one attached hydrogen (secondary N) is 2. The molecule has 3 heterocycles. The van der Waals surface area contributed by atoms with E-state index < -0.39 is 20.6 Å². The van der Waals surface area contributed by atoms with E-state index in [9.17, 15) is 18.5 Å². The SMILES string of the molecule is COc1cc(N2CCC(N(C)C)C2)c(C)cc1Nc1ncc([N+](=O)[O-])c(Nc2ccc3nccnc3c2N(C)S(C)(=O)=O)n1. The second-order valence-corrected chi connectivity index (χ2v) is 12.8. The third kappa shape index (κ3) is 6.12. The van der Waals surface area contributed by atoms with Crippen molar-refractivity contribution in [2.75, 3.05) is 67.4 Å². The molecule has 1 unspecified atom stereocenters. The number of aromatic nitrogens is 4. The molecule has 1 atom stereocenters. The molecule has 16 heteroatoms. The van der Waals surface area contributed by atoms with Crippen LogP contribution in [0.15, 0.2) is 42.9 Å². The first kappa shape index (κ1) is 30.6. The highest BCUT2D eigenvalue weighted by molar-refractivity contribution is 7.92. The third-order valence-corrected chi connectivity index (χ3v) is 8.82. The van der Waals surface area contributed by atoms with Gasteiger partial charge < -0.3 is 25.2 Å². The third-order valence-electron chi connectivity index (χ3n) is 7.64. The lowest BCUT2D eigenvalue weighted by Gasteiger charge is -2.24. The van der Waals surface area contributed by atoms with Gasteiger partial charge in [-0.05, 0) is 51.2 Å². The molecular formula is C28H34N10O5S. The molecule has 44 heavy (non-hydrogen) atoms. The van der Waals surface area contributed by atoms with Crippen LogP contribution in [0.5, 0.6) is 5.75 Å². The van der Waals surface area contributed by atoms with Crippen LogP contribution in [0.3, 0.4) is 0 Å². The zero-order valence-electron chi connectivity index (χ0n) is 25.3. The summed E-state index contributed by atoms with van der Waals surface area (Å²) in [6, 6.07) is 7.55. The fraction of sp³-hybridized carbons (Fsp3) is 0.357. The molecule has 0 aliphatic carbocycles. The Morgan fingerprint density at radius 3 is 2.50 bits per heavy atom. The quantitative estimate of drug-likeness (QED) is 0.194. The second kappa shape index (κ2) is 12.0. The highest BCUT2D eigenvalue weighted by Gasteiger charge is 2.27. The highest BCUT2D eigenvalue weighted by atomic mass is 32.2. The first-order valence-corrected chi connectivity index (χ1v) is 15.5. The van der Waals surface area contributed by atoms with Gasteiger partial charge in [-0.3, -0.25) is 24.4 Å². The van der Waals surface area contributed by atoms with Gasteiger partial charge in [0.1, 0.15) is 23.2 Å². The molecule has 1 saturated heterocycles. The largest absolute Gasteiger partial charge is 0.494 e. The van der Waals surface area contributed by atoms with Crippen molar-refractivity contribution in [3.8, 4) is 5.75 Å². The molecule has 0 amide bonds. The Morgan fingerprint density at radius 1 is 1.09 bits per heavy atom. The molecule has 232 valence electrons. The minimum Gasteiger partial charge on any atom is -0.494 e. The van der Waals surface area contributed by atoms with Crippen molar-refractivity contribution >= 4 is 61.3 Å². The number of rotatable bonds is 10. The van der Waals surface area contributed by atoms with Gasteiger partial charge >= 0.3 is 5.69 Å². The van der Waals surface area contributed by atoms with Crippen molar-refractivity contribution in [1.29, 1.82) is 0 Å². The number of nitro groups is 1. The Labute approximate surface area is 255 Å². The molecule has 5 rings (SSSR count). The predicted octanol–water partition coefficient (Wildman–Crippen LogP) is 3.67. The summed E-state index contributed by atoms with van der Waals surface area (Å²) in [5.74, 6) is 0.467. The number of hydrogen-bond acceptors (Lipinski definition) is 13. The summed E-state index contributed by atoms with van der Waals surface area (Å²) >= 11 is 0. The van der Waals surface area contributed by atoms with E-state index in [1.807, 2.05) is 19.1 Å². The first-order chi connectivity index (χ1) is 20.9. The van der Waals surface area contributed by atoms with Crippen molar-refractivity contribution < 1.29 is 18.1 Å². The molecule has 2 N–H and O–H groups in total. The van der Waals surface area contributed by atoms with Crippen LogP contribution in [-0.2, 0) is 10.0 Å². The number of methoxy groups -OCH3 is 1.